The summed E-state index contributed by atoms with van der Waals surface area (Å²) < 4.78 is 0. The molecule has 0 amide bonds. The summed E-state index contributed by atoms with van der Waals surface area (Å²) in [5.41, 5.74) is 24.6. The van der Waals surface area contributed by atoms with Gasteiger partial charge in [-0.25, -0.2) is 0 Å². The fraction of sp³-hybridized carbons (Fsp3) is 0.148. The first-order valence-electron chi connectivity index (χ1n) is 22.3. The summed E-state index contributed by atoms with van der Waals surface area (Å²) in [5, 5.41) is 0. The van der Waals surface area contributed by atoms with E-state index < -0.39 is 5.41 Å². The average molecular weight is 796 g/mol. The largest absolute Gasteiger partial charge is 0.310 e. The smallest absolute Gasteiger partial charge is 0.0719 e. The molecule has 0 radical (unpaired) electrons. The molecule has 0 heterocycles. The van der Waals surface area contributed by atoms with Gasteiger partial charge in [0.1, 0.15) is 0 Å². The highest BCUT2D eigenvalue weighted by atomic mass is 15.1. The van der Waals surface area contributed by atoms with Gasteiger partial charge in [0.25, 0.3) is 0 Å². The third kappa shape index (κ3) is 5.15. The first-order valence-corrected chi connectivity index (χ1v) is 22.3. The van der Waals surface area contributed by atoms with Crippen molar-refractivity contribution in [1.82, 2.24) is 0 Å². The number of nitrogens with zero attached hydrogens (tertiary/aromatic N) is 1. The number of hydrogen-bond acceptors (Lipinski definition) is 1. The maximum absolute atomic E-state index is 2.49. The van der Waals surface area contributed by atoms with Gasteiger partial charge in [-0.3, -0.25) is 0 Å². The number of rotatable bonds is 5. The van der Waals surface area contributed by atoms with Crippen molar-refractivity contribution in [2.75, 3.05) is 4.90 Å². The topological polar surface area (TPSA) is 3.24 Å². The number of fused-ring (bicyclic) bond motifs is 11. The van der Waals surface area contributed by atoms with E-state index in [0.29, 0.717) is 0 Å². The zero-order valence-corrected chi connectivity index (χ0v) is 35.9. The van der Waals surface area contributed by atoms with Crippen LogP contribution >= 0.6 is 0 Å². The lowest BCUT2D eigenvalue weighted by Gasteiger charge is -2.46. The van der Waals surface area contributed by atoms with E-state index in [9.17, 15) is 0 Å². The van der Waals surface area contributed by atoms with Gasteiger partial charge in [-0.2, -0.15) is 0 Å². The summed E-state index contributed by atoms with van der Waals surface area (Å²) in [4.78, 5) is 2.42. The van der Waals surface area contributed by atoms with Gasteiger partial charge in [0.05, 0.1) is 5.41 Å². The zero-order chi connectivity index (χ0) is 41.8. The normalized spacial score (nSPS) is 16.5. The van der Waals surface area contributed by atoms with Gasteiger partial charge in [0.15, 0.2) is 0 Å². The molecule has 0 N–H and O–H groups in total. The Labute approximate surface area is 366 Å². The lowest BCUT2D eigenvalue weighted by atomic mass is 9.55. The van der Waals surface area contributed by atoms with Crippen molar-refractivity contribution in [2.24, 2.45) is 0 Å². The maximum atomic E-state index is 2.49. The molecule has 62 heavy (non-hydrogen) atoms. The van der Waals surface area contributed by atoms with Crippen LogP contribution in [0.1, 0.15) is 85.0 Å². The van der Waals surface area contributed by atoms with Crippen molar-refractivity contribution in [1.29, 1.82) is 0 Å². The van der Waals surface area contributed by atoms with Gasteiger partial charge < -0.3 is 4.90 Å². The SMILES string of the molecule is CC1(C)C2=C(C=CCC2)c2ccc(N(c3ccccc3)c3cccc(-c4ccc(-c5ccc6c(c5)C5(c7ccccc7-6)c6ccccc6C(C)(C)c6ccccc65)cc4)c3)cc21. The van der Waals surface area contributed by atoms with E-state index in [1.807, 2.05) is 0 Å². The highest BCUT2D eigenvalue weighted by Crippen LogP contribution is 2.62. The van der Waals surface area contributed by atoms with Crippen LogP contribution in [0.3, 0.4) is 0 Å². The highest BCUT2D eigenvalue weighted by molar-refractivity contribution is 5.92. The molecule has 0 aliphatic heterocycles. The molecule has 298 valence electrons. The van der Waals surface area contributed by atoms with Crippen molar-refractivity contribution in [3.63, 3.8) is 0 Å². The Balaban J connectivity index is 0.936. The van der Waals surface area contributed by atoms with Crippen LogP contribution in [-0.4, -0.2) is 0 Å². The molecule has 0 aromatic heterocycles. The van der Waals surface area contributed by atoms with Gasteiger partial charge in [-0.1, -0.05) is 191 Å². The molecule has 4 aliphatic rings. The van der Waals surface area contributed by atoms with Crippen LogP contribution in [0.4, 0.5) is 17.1 Å². The molecular weight excluding hydrogens is 747 g/mol. The van der Waals surface area contributed by atoms with E-state index >= 15 is 0 Å². The molecule has 4 aliphatic carbocycles. The van der Waals surface area contributed by atoms with E-state index in [1.54, 1.807) is 5.57 Å². The molecule has 1 nitrogen and oxygen atoms in total. The minimum absolute atomic E-state index is 0.00306. The second-order valence-electron chi connectivity index (χ2n) is 18.8. The van der Waals surface area contributed by atoms with Crippen LogP contribution in [0.2, 0.25) is 0 Å². The van der Waals surface area contributed by atoms with E-state index in [0.717, 1.165) is 24.2 Å². The van der Waals surface area contributed by atoms with Crippen molar-refractivity contribution in [2.45, 2.75) is 56.8 Å². The fourth-order valence-corrected chi connectivity index (χ4v) is 11.9. The molecule has 0 saturated heterocycles. The molecule has 0 atom stereocenters. The summed E-state index contributed by atoms with van der Waals surface area (Å²) in [6.45, 7) is 9.59. The first-order chi connectivity index (χ1) is 30.3. The quantitative estimate of drug-likeness (QED) is 0.168. The Morgan fingerprint density at radius 2 is 0.919 bits per heavy atom. The summed E-state index contributed by atoms with van der Waals surface area (Å²) >= 11 is 0. The number of hydrogen-bond donors (Lipinski definition) is 0. The summed E-state index contributed by atoms with van der Waals surface area (Å²) in [6.07, 6.45) is 6.95. The number of para-hydroxylation sites is 1. The lowest BCUT2D eigenvalue weighted by Crippen LogP contribution is -2.40. The second-order valence-corrected chi connectivity index (χ2v) is 18.8. The van der Waals surface area contributed by atoms with Crippen LogP contribution in [0, 0.1) is 0 Å². The minimum Gasteiger partial charge on any atom is -0.310 e. The van der Waals surface area contributed by atoms with Crippen LogP contribution < -0.4 is 4.90 Å². The predicted octanol–water partition coefficient (Wildman–Crippen LogP) is 15.9. The van der Waals surface area contributed by atoms with Crippen LogP contribution in [0.25, 0.3) is 39.0 Å². The Kier molecular flexibility index (Phi) is 8.04. The minimum atomic E-state index is -0.406. The molecule has 1 spiro atoms. The molecular formula is C61H49N. The van der Waals surface area contributed by atoms with Crippen LogP contribution in [-0.2, 0) is 16.2 Å². The fourth-order valence-electron chi connectivity index (χ4n) is 11.9. The Morgan fingerprint density at radius 1 is 0.371 bits per heavy atom. The molecule has 8 aromatic carbocycles. The van der Waals surface area contributed by atoms with Crippen LogP contribution in [0.5, 0.6) is 0 Å². The van der Waals surface area contributed by atoms with E-state index in [-0.39, 0.29) is 10.8 Å². The molecule has 8 aromatic rings. The molecule has 0 fully saturated rings. The average Bonchev–Trinajstić information content (AvgIpc) is 3.74. The Morgan fingerprint density at radius 3 is 1.63 bits per heavy atom. The standard InChI is InChI=1S/C61H49N/c1-59(2)51-23-10-8-21-47(51)49-36-34-46(39-57(49)59)62(44-18-6-5-7-19-44)45-20-16-17-42(37-45)40-29-31-41(32-30-40)43-33-35-50-48-22-9-11-24-52(48)61(58(50)38-43)55-27-14-12-25-53(55)60(3,4)54-26-13-15-28-56(54)61/h5-9,11-22,24-39H,10,23H2,1-4H3. The van der Waals surface area contributed by atoms with E-state index in [1.165, 1.54) is 89.1 Å². The van der Waals surface area contributed by atoms with E-state index in [2.05, 4.69) is 233 Å². The summed E-state index contributed by atoms with van der Waals surface area (Å²) in [7, 11) is 0. The van der Waals surface area contributed by atoms with Crippen molar-refractivity contribution < 1.29 is 0 Å². The van der Waals surface area contributed by atoms with Crippen molar-refractivity contribution in [3.05, 3.63) is 250 Å². The molecule has 0 unspecified atom stereocenters. The third-order valence-electron chi connectivity index (χ3n) is 14.9. The van der Waals surface area contributed by atoms with Crippen molar-refractivity contribution >= 4 is 22.6 Å². The number of anilines is 3. The monoisotopic (exact) mass is 795 g/mol. The summed E-state index contributed by atoms with van der Waals surface area (Å²) in [5.74, 6) is 0. The maximum Gasteiger partial charge on any atom is 0.0719 e. The third-order valence-corrected chi connectivity index (χ3v) is 14.9. The number of benzene rings is 8. The molecule has 0 bridgehead atoms. The zero-order valence-electron chi connectivity index (χ0n) is 35.9. The van der Waals surface area contributed by atoms with Gasteiger partial charge in [-0.15, -0.1) is 0 Å². The van der Waals surface area contributed by atoms with Gasteiger partial charge in [0, 0.05) is 27.9 Å². The van der Waals surface area contributed by atoms with E-state index in [4.69, 9.17) is 0 Å². The predicted molar refractivity (Wildman–Crippen MR) is 260 cm³/mol. The first kappa shape index (κ1) is 36.9. The highest BCUT2D eigenvalue weighted by Gasteiger charge is 2.53. The Hall–Kier alpha value is -6.96. The Bertz CT molecular complexity index is 3120. The van der Waals surface area contributed by atoms with Crippen molar-refractivity contribution in [3.8, 4) is 33.4 Å². The molecule has 12 rings (SSSR count). The van der Waals surface area contributed by atoms with Crippen LogP contribution in [0.15, 0.2) is 206 Å². The molecule has 0 saturated carbocycles. The number of allylic oxidation sites excluding steroid dienone is 4. The summed E-state index contributed by atoms with van der Waals surface area (Å²) in [6, 6.07) is 70.9. The van der Waals surface area contributed by atoms with Gasteiger partial charge in [-0.05, 0) is 139 Å². The second kappa shape index (κ2) is 13.5. The van der Waals surface area contributed by atoms with Gasteiger partial charge >= 0.3 is 0 Å². The lowest BCUT2D eigenvalue weighted by molar-refractivity contribution is 0.563. The van der Waals surface area contributed by atoms with Gasteiger partial charge in [0.2, 0.25) is 0 Å². The molecule has 1 heteroatoms.